The Morgan fingerprint density at radius 1 is 1.08 bits per heavy atom. The van der Waals surface area contributed by atoms with E-state index >= 15 is 0 Å². The van der Waals surface area contributed by atoms with E-state index in [9.17, 15) is 18.3 Å². The van der Waals surface area contributed by atoms with Crippen LogP contribution >= 0.6 is 23.4 Å². The fraction of sp³-hybridized carbons (Fsp3) is 0. The zero-order valence-corrected chi connectivity index (χ0v) is 14.9. The third-order valence-corrected chi connectivity index (χ3v) is 6.58. The van der Waals surface area contributed by atoms with Gasteiger partial charge in [-0.15, -0.1) is 0 Å². The summed E-state index contributed by atoms with van der Waals surface area (Å²) in [4.78, 5) is 12.9. The highest BCUT2D eigenvalue weighted by molar-refractivity contribution is 8.14. The molecule has 3 aromatic carbocycles. The van der Waals surface area contributed by atoms with E-state index in [0.29, 0.717) is 16.3 Å². The van der Waals surface area contributed by atoms with Gasteiger partial charge in [-0.1, -0.05) is 23.7 Å². The summed E-state index contributed by atoms with van der Waals surface area (Å²) in [5.74, 6) is -0.134. The maximum atomic E-state index is 12.8. The minimum atomic E-state index is -3.90. The molecule has 4 rings (SSSR count). The number of nitrogens with one attached hydrogen (secondary N) is 1. The molecular formula is C17H10ClNO4S2. The molecule has 0 aromatic heterocycles. The molecule has 3 aromatic rings. The van der Waals surface area contributed by atoms with Crippen LogP contribution in [0.1, 0.15) is 10.4 Å². The van der Waals surface area contributed by atoms with E-state index in [-0.39, 0.29) is 26.5 Å². The summed E-state index contributed by atoms with van der Waals surface area (Å²) < 4.78 is 28.1. The van der Waals surface area contributed by atoms with Gasteiger partial charge >= 0.3 is 0 Å². The van der Waals surface area contributed by atoms with Gasteiger partial charge in [-0.3, -0.25) is 9.52 Å². The normalized spacial score (nSPS) is 13.4. The molecule has 8 heteroatoms. The van der Waals surface area contributed by atoms with Crippen molar-refractivity contribution in [3.8, 4) is 5.75 Å². The van der Waals surface area contributed by atoms with Gasteiger partial charge in [-0.25, -0.2) is 8.42 Å². The van der Waals surface area contributed by atoms with Crippen molar-refractivity contribution in [3.63, 3.8) is 0 Å². The molecule has 2 N–H and O–H groups in total. The lowest BCUT2D eigenvalue weighted by atomic mass is 10.1. The molecule has 0 bridgehead atoms. The number of thioether (sulfide) groups is 1. The van der Waals surface area contributed by atoms with Crippen molar-refractivity contribution in [2.24, 2.45) is 0 Å². The fourth-order valence-corrected chi connectivity index (χ4v) is 5.14. The highest BCUT2D eigenvalue weighted by Crippen LogP contribution is 2.42. The summed E-state index contributed by atoms with van der Waals surface area (Å²) in [7, 11) is -3.90. The summed E-state index contributed by atoms with van der Waals surface area (Å²) in [6, 6.07) is 12.2. The fourth-order valence-electron chi connectivity index (χ4n) is 2.77. The lowest BCUT2D eigenvalue weighted by molar-refractivity contribution is 0.109. The highest BCUT2D eigenvalue weighted by atomic mass is 35.5. The van der Waals surface area contributed by atoms with E-state index in [1.807, 2.05) is 0 Å². The summed E-state index contributed by atoms with van der Waals surface area (Å²) in [6.07, 6.45) is 0. The van der Waals surface area contributed by atoms with E-state index in [0.717, 1.165) is 16.7 Å². The lowest BCUT2D eigenvalue weighted by Gasteiger charge is -2.12. The van der Waals surface area contributed by atoms with Gasteiger partial charge in [0.25, 0.3) is 10.0 Å². The number of hydrogen-bond donors (Lipinski definition) is 2. The molecule has 126 valence electrons. The van der Waals surface area contributed by atoms with Crippen molar-refractivity contribution in [2.75, 3.05) is 4.72 Å². The number of anilines is 1. The van der Waals surface area contributed by atoms with Crippen LogP contribution in [0.15, 0.2) is 58.3 Å². The Hall–Kier alpha value is -2.22. The van der Waals surface area contributed by atoms with Crippen LogP contribution < -0.4 is 4.72 Å². The number of carbonyl (C=O) groups is 1. The smallest absolute Gasteiger partial charge is 0.262 e. The second kappa shape index (κ2) is 5.66. The molecule has 5 nitrogen and oxygen atoms in total. The molecule has 25 heavy (non-hydrogen) atoms. The van der Waals surface area contributed by atoms with Crippen LogP contribution in [0.25, 0.3) is 10.8 Å². The van der Waals surface area contributed by atoms with Crippen LogP contribution in [0.5, 0.6) is 5.75 Å². The maximum Gasteiger partial charge on any atom is 0.262 e. The highest BCUT2D eigenvalue weighted by Gasteiger charge is 2.27. The van der Waals surface area contributed by atoms with Gasteiger partial charge in [0.05, 0.1) is 15.6 Å². The van der Waals surface area contributed by atoms with Crippen LogP contribution in [0.4, 0.5) is 5.69 Å². The zero-order valence-electron chi connectivity index (χ0n) is 12.5. The first kappa shape index (κ1) is 16.3. The Balaban J connectivity index is 1.85. The Morgan fingerprint density at radius 2 is 1.88 bits per heavy atom. The van der Waals surface area contributed by atoms with Crippen LogP contribution in [0.2, 0.25) is 5.02 Å². The minimum absolute atomic E-state index is 0.0441. The minimum Gasteiger partial charge on any atom is -0.506 e. The van der Waals surface area contributed by atoms with Gasteiger partial charge in [0.1, 0.15) is 5.75 Å². The van der Waals surface area contributed by atoms with Crippen molar-refractivity contribution in [3.05, 3.63) is 59.1 Å². The summed E-state index contributed by atoms with van der Waals surface area (Å²) in [5, 5.41) is 10.6. The van der Waals surface area contributed by atoms with E-state index in [2.05, 4.69) is 4.72 Å². The molecule has 0 unspecified atom stereocenters. The number of rotatable bonds is 3. The molecule has 1 aliphatic heterocycles. The molecule has 0 fully saturated rings. The first-order valence-electron chi connectivity index (χ1n) is 7.16. The van der Waals surface area contributed by atoms with Gasteiger partial charge < -0.3 is 5.11 Å². The molecule has 0 saturated carbocycles. The second-order valence-electron chi connectivity index (χ2n) is 5.45. The first-order chi connectivity index (χ1) is 11.9. The lowest BCUT2D eigenvalue weighted by Crippen LogP contribution is -2.13. The molecule has 0 amide bonds. The van der Waals surface area contributed by atoms with E-state index in [4.69, 9.17) is 11.6 Å². The van der Waals surface area contributed by atoms with Crippen LogP contribution in [0.3, 0.4) is 0 Å². The zero-order chi connectivity index (χ0) is 17.8. The molecule has 0 spiro atoms. The van der Waals surface area contributed by atoms with Crippen molar-refractivity contribution in [1.29, 1.82) is 0 Å². The number of sulfonamides is 1. The SMILES string of the molecule is O=C1Sc2ccc(S(=O)(=O)Nc3ccc(O)c(Cl)c3)c3cccc1c23. The number of hydrogen-bond acceptors (Lipinski definition) is 5. The predicted octanol–water partition coefficient (Wildman–Crippen LogP) is 4.25. The Morgan fingerprint density at radius 3 is 2.64 bits per heavy atom. The van der Waals surface area contributed by atoms with E-state index in [1.54, 1.807) is 24.3 Å². The third-order valence-electron chi connectivity index (χ3n) is 3.87. The van der Waals surface area contributed by atoms with Crippen molar-refractivity contribution in [1.82, 2.24) is 0 Å². The van der Waals surface area contributed by atoms with Crippen molar-refractivity contribution < 1.29 is 18.3 Å². The number of benzene rings is 3. The van der Waals surface area contributed by atoms with Crippen LogP contribution in [-0.4, -0.2) is 18.6 Å². The topological polar surface area (TPSA) is 83.5 Å². The van der Waals surface area contributed by atoms with Gasteiger partial charge in [0.2, 0.25) is 5.12 Å². The molecule has 0 saturated heterocycles. The molecule has 0 radical (unpaired) electrons. The number of phenolic OH excluding ortho intramolecular Hbond substituents is 1. The van der Waals surface area contributed by atoms with Gasteiger partial charge in [0, 0.05) is 21.2 Å². The summed E-state index contributed by atoms with van der Waals surface area (Å²) in [6.45, 7) is 0. The van der Waals surface area contributed by atoms with Crippen molar-refractivity contribution >= 4 is 55.0 Å². The molecule has 1 aliphatic rings. The quantitative estimate of drug-likeness (QED) is 0.652. The van der Waals surface area contributed by atoms with Gasteiger partial charge in [-0.05, 0) is 48.2 Å². The largest absolute Gasteiger partial charge is 0.506 e. The number of phenols is 1. The van der Waals surface area contributed by atoms with Gasteiger partial charge in [0.15, 0.2) is 0 Å². The van der Waals surface area contributed by atoms with E-state index < -0.39 is 10.0 Å². The molecule has 0 aliphatic carbocycles. The first-order valence-corrected chi connectivity index (χ1v) is 9.84. The molecular weight excluding hydrogens is 382 g/mol. The summed E-state index contributed by atoms with van der Waals surface area (Å²) in [5.41, 5.74) is 0.749. The number of aromatic hydroxyl groups is 1. The Bertz CT molecular complexity index is 1160. The third kappa shape index (κ3) is 2.64. The Kier molecular flexibility index (Phi) is 3.68. The number of carbonyl (C=O) groups excluding carboxylic acids is 1. The number of halogens is 1. The van der Waals surface area contributed by atoms with Gasteiger partial charge in [-0.2, -0.15) is 0 Å². The van der Waals surface area contributed by atoms with E-state index in [1.165, 1.54) is 24.3 Å². The van der Waals surface area contributed by atoms with Crippen molar-refractivity contribution in [2.45, 2.75) is 9.79 Å². The standard InChI is InChI=1S/C17H10ClNO4S2/c18-12-8-9(4-5-13(12)20)19-25(22,23)15-7-6-14-16-10(15)2-1-3-11(16)17(21)24-14/h1-8,19-20H. The average molecular weight is 392 g/mol. The average Bonchev–Trinajstić information content (AvgIpc) is 2.89. The Labute approximate surface area is 152 Å². The molecule has 1 heterocycles. The van der Waals surface area contributed by atoms with Crippen LogP contribution in [0, 0.1) is 0 Å². The molecule has 0 atom stereocenters. The monoisotopic (exact) mass is 391 g/mol. The maximum absolute atomic E-state index is 12.8. The summed E-state index contributed by atoms with van der Waals surface area (Å²) >= 11 is 6.92. The predicted molar refractivity (Wildman–Crippen MR) is 98.1 cm³/mol. The second-order valence-corrected chi connectivity index (χ2v) is 8.52. The van der Waals surface area contributed by atoms with Crippen LogP contribution in [-0.2, 0) is 10.0 Å².